The molecule has 0 bridgehead atoms. The summed E-state index contributed by atoms with van der Waals surface area (Å²) in [5.74, 6) is 0.329. The summed E-state index contributed by atoms with van der Waals surface area (Å²) in [6, 6.07) is 0. The van der Waals surface area contributed by atoms with E-state index in [9.17, 15) is 9.59 Å². The number of hydrogen-bond donors (Lipinski definition) is 0. The van der Waals surface area contributed by atoms with Gasteiger partial charge in [-0.15, -0.1) is 0 Å². The summed E-state index contributed by atoms with van der Waals surface area (Å²) in [5, 5.41) is 0. The van der Waals surface area contributed by atoms with Gasteiger partial charge >= 0.3 is 0 Å². The first kappa shape index (κ1) is 12.1. The second kappa shape index (κ2) is 5.30. The van der Waals surface area contributed by atoms with Crippen molar-refractivity contribution in [3.05, 3.63) is 23.4 Å². The molecule has 0 spiro atoms. The first-order chi connectivity index (χ1) is 8.18. The third-order valence-corrected chi connectivity index (χ3v) is 3.42. The van der Waals surface area contributed by atoms with E-state index in [-0.39, 0.29) is 11.7 Å². The molecule has 17 heavy (non-hydrogen) atoms. The number of ketones is 1. The molecule has 0 aromatic carbocycles. The van der Waals surface area contributed by atoms with E-state index < -0.39 is 0 Å². The van der Waals surface area contributed by atoms with E-state index in [1.54, 1.807) is 13.0 Å². The first-order valence-corrected chi connectivity index (χ1v) is 6.39. The summed E-state index contributed by atoms with van der Waals surface area (Å²) >= 11 is 0. The Bertz CT molecular complexity index is 387. The highest BCUT2D eigenvalue weighted by molar-refractivity contribution is 5.93. The van der Waals surface area contributed by atoms with Crippen LogP contribution < -0.4 is 0 Å². The number of Topliss-reactive ketones (excluding diaryl/α,β-unsaturated/α-hetero) is 1. The number of nitrogens with zero attached hydrogens (tertiary/aromatic N) is 1. The van der Waals surface area contributed by atoms with E-state index in [1.807, 2.05) is 11.0 Å². The molecular formula is C14H19NO2. The van der Waals surface area contributed by atoms with E-state index in [0.717, 1.165) is 37.9 Å². The topological polar surface area (TPSA) is 37.4 Å². The van der Waals surface area contributed by atoms with Gasteiger partial charge in [-0.1, -0.05) is 0 Å². The maximum Gasteiger partial charge on any atom is 0.251 e. The maximum atomic E-state index is 11.7. The van der Waals surface area contributed by atoms with Gasteiger partial charge < -0.3 is 9.69 Å². The molecule has 2 rings (SSSR count). The average Bonchev–Trinajstić information content (AvgIpc) is 2.53. The van der Waals surface area contributed by atoms with Crippen LogP contribution in [0.2, 0.25) is 0 Å². The van der Waals surface area contributed by atoms with E-state index in [0.29, 0.717) is 6.42 Å². The number of allylic oxidation sites excluding steroid dienone is 2. The third-order valence-electron chi connectivity index (χ3n) is 3.42. The first-order valence-electron chi connectivity index (χ1n) is 6.39. The summed E-state index contributed by atoms with van der Waals surface area (Å²) in [6.45, 7) is 2.36. The molecule has 2 aliphatic rings. The van der Waals surface area contributed by atoms with Crippen LogP contribution in [0.4, 0.5) is 0 Å². The van der Waals surface area contributed by atoms with Crippen molar-refractivity contribution in [2.24, 2.45) is 0 Å². The van der Waals surface area contributed by atoms with Gasteiger partial charge in [-0.25, -0.2) is 0 Å². The second-order valence-corrected chi connectivity index (χ2v) is 4.82. The minimum atomic E-state index is 0.0993. The fraction of sp³-hybridized carbons (Fsp3) is 0.571. The lowest BCUT2D eigenvalue weighted by atomic mass is 9.90. The molecule has 0 aromatic rings. The van der Waals surface area contributed by atoms with Crippen LogP contribution in [-0.2, 0) is 9.59 Å². The zero-order valence-corrected chi connectivity index (χ0v) is 10.4. The molecule has 1 heterocycles. The minimum Gasteiger partial charge on any atom is -0.309 e. The van der Waals surface area contributed by atoms with Gasteiger partial charge in [-0.05, 0) is 50.7 Å². The molecule has 1 aliphatic carbocycles. The summed E-state index contributed by atoms with van der Waals surface area (Å²) in [7, 11) is 0. The van der Waals surface area contributed by atoms with Crippen molar-refractivity contribution < 1.29 is 9.59 Å². The normalized spacial score (nSPS) is 18.9. The fourth-order valence-corrected chi connectivity index (χ4v) is 2.24. The highest BCUT2D eigenvalue weighted by Gasteiger charge is 2.25. The molecule has 3 nitrogen and oxygen atoms in total. The molecular weight excluding hydrogens is 214 g/mol. The van der Waals surface area contributed by atoms with E-state index >= 15 is 0 Å². The standard InChI is InChI=1S/C14H19NO2/c1-11(16)5-2-3-10-15-13(8-9-14(15)17)12-6-4-7-12/h8-9H,2-7,10H2,1H3. The number of amides is 1. The Morgan fingerprint density at radius 2 is 2.06 bits per heavy atom. The van der Waals surface area contributed by atoms with Crippen LogP contribution in [0.5, 0.6) is 0 Å². The summed E-state index contributed by atoms with van der Waals surface area (Å²) in [4.78, 5) is 24.4. The number of unbranched alkanes of at least 4 members (excludes halogenated alkanes) is 1. The zero-order chi connectivity index (χ0) is 12.3. The molecule has 0 radical (unpaired) electrons. The lowest BCUT2D eigenvalue weighted by Crippen LogP contribution is -2.27. The largest absolute Gasteiger partial charge is 0.309 e. The lowest BCUT2D eigenvalue weighted by molar-refractivity contribution is -0.123. The third kappa shape index (κ3) is 2.84. The number of hydrogen-bond acceptors (Lipinski definition) is 2. The van der Waals surface area contributed by atoms with Crippen LogP contribution in [0.15, 0.2) is 23.4 Å². The van der Waals surface area contributed by atoms with Crippen molar-refractivity contribution in [2.75, 3.05) is 6.54 Å². The molecule has 1 saturated carbocycles. The number of carbonyl (C=O) groups is 2. The predicted molar refractivity (Wildman–Crippen MR) is 66.3 cm³/mol. The van der Waals surface area contributed by atoms with Gasteiger partial charge in [0.25, 0.3) is 5.91 Å². The van der Waals surface area contributed by atoms with E-state index in [4.69, 9.17) is 0 Å². The van der Waals surface area contributed by atoms with Gasteiger partial charge in [0.15, 0.2) is 0 Å². The molecule has 1 aliphatic heterocycles. The Kier molecular flexibility index (Phi) is 3.77. The average molecular weight is 233 g/mol. The molecule has 0 N–H and O–H groups in total. The van der Waals surface area contributed by atoms with Gasteiger partial charge in [0.2, 0.25) is 0 Å². The Balaban J connectivity index is 1.86. The maximum absolute atomic E-state index is 11.7. The van der Waals surface area contributed by atoms with Crippen molar-refractivity contribution in [2.45, 2.75) is 45.4 Å². The molecule has 0 unspecified atom stereocenters. The lowest BCUT2D eigenvalue weighted by Gasteiger charge is -2.25. The second-order valence-electron chi connectivity index (χ2n) is 4.82. The molecule has 0 aromatic heterocycles. The van der Waals surface area contributed by atoms with Gasteiger partial charge in [-0.2, -0.15) is 0 Å². The molecule has 3 heteroatoms. The Hall–Kier alpha value is -1.38. The smallest absolute Gasteiger partial charge is 0.251 e. The zero-order valence-electron chi connectivity index (χ0n) is 10.4. The van der Waals surface area contributed by atoms with Crippen LogP contribution in [-0.4, -0.2) is 23.1 Å². The van der Waals surface area contributed by atoms with E-state index in [1.165, 1.54) is 12.0 Å². The SMILES string of the molecule is CC(=O)CCCCN1C(=O)C=CC1=C1CCC1. The van der Waals surface area contributed by atoms with Crippen molar-refractivity contribution in [1.29, 1.82) is 0 Å². The van der Waals surface area contributed by atoms with Crippen LogP contribution in [0.1, 0.15) is 45.4 Å². The highest BCUT2D eigenvalue weighted by atomic mass is 16.2. The number of carbonyl (C=O) groups excluding carboxylic acids is 2. The van der Waals surface area contributed by atoms with Gasteiger partial charge in [-0.3, -0.25) is 4.79 Å². The predicted octanol–water partition coefficient (Wildman–Crippen LogP) is 2.58. The van der Waals surface area contributed by atoms with Crippen molar-refractivity contribution in [3.63, 3.8) is 0 Å². The van der Waals surface area contributed by atoms with Gasteiger partial charge in [0, 0.05) is 24.7 Å². The molecule has 1 fully saturated rings. The van der Waals surface area contributed by atoms with Crippen LogP contribution >= 0.6 is 0 Å². The fourth-order valence-electron chi connectivity index (χ4n) is 2.24. The van der Waals surface area contributed by atoms with Crippen LogP contribution in [0.25, 0.3) is 0 Å². The summed E-state index contributed by atoms with van der Waals surface area (Å²) in [6.07, 6.45) is 9.53. The summed E-state index contributed by atoms with van der Waals surface area (Å²) < 4.78 is 0. The Morgan fingerprint density at radius 3 is 2.65 bits per heavy atom. The Labute approximate surface area is 102 Å². The molecule has 92 valence electrons. The molecule has 0 atom stereocenters. The van der Waals surface area contributed by atoms with Gasteiger partial charge in [0.05, 0.1) is 0 Å². The van der Waals surface area contributed by atoms with E-state index in [2.05, 4.69) is 0 Å². The number of rotatable bonds is 5. The quantitative estimate of drug-likeness (QED) is 0.684. The highest BCUT2D eigenvalue weighted by Crippen LogP contribution is 2.33. The van der Waals surface area contributed by atoms with Gasteiger partial charge in [0.1, 0.15) is 5.78 Å². The molecule has 1 amide bonds. The minimum absolute atomic E-state index is 0.0993. The van der Waals surface area contributed by atoms with Crippen molar-refractivity contribution in [3.8, 4) is 0 Å². The van der Waals surface area contributed by atoms with Crippen molar-refractivity contribution in [1.82, 2.24) is 4.90 Å². The Morgan fingerprint density at radius 1 is 1.29 bits per heavy atom. The summed E-state index contributed by atoms with van der Waals surface area (Å²) in [5.41, 5.74) is 2.54. The molecule has 0 saturated heterocycles. The van der Waals surface area contributed by atoms with Crippen molar-refractivity contribution >= 4 is 11.7 Å². The van der Waals surface area contributed by atoms with Crippen LogP contribution in [0.3, 0.4) is 0 Å². The van der Waals surface area contributed by atoms with Crippen LogP contribution in [0, 0.1) is 0 Å². The monoisotopic (exact) mass is 233 g/mol.